The zero-order valence-electron chi connectivity index (χ0n) is 4.37. The SMILES string of the molecule is C#C.O=C1C=CC=C1. The summed E-state index contributed by atoms with van der Waals surface area (Å²) in [6, 6.07) is 0. The lowest BCUT2D eigenvalue weighted by Gasteiger charge is -1.62. The van der Waals surface area contributed by atoms with E-state index in [1.807, 2.05) is 0 Å². The number of terminal acetylenes is 1. The van der Waals surface area contributed by atoms with E-state index >= 15 is 0 Å². The summed E-state index contributed by atoms with van der Waals surface area (Å²) in [4.78, 5) is 10.1. The summed E-state index contributed by atoms with van der Waals surface area (Å²) in [5.74, 6) is 0.0926. The van der Waals surface area contributed by atoms with Gasteiger partial charge in [-0.1, -0.05) is 12.2 Å². The van der Waals surface area contributed by atoms with Crippen LogP contribution in [0.5, 0.6) is 0 Å². The maximum absolute atomic E-state index is 10.1. The van der Waals surface area contributed by atoms with Crippen LogP contribution in [0, 0.1) is 12.8 Å². The van der Waals surface area contributed by atoms with Crippen LogP contribution in [0.15, 0.2) is 24.3 Å². The Morgan fingerprint density at radius 2 is 1.50 bits per heavy atom. The molecule has 1 heteroatoms. The van der Waals surface area contributed by atoms with Crippen LogP contribution in [-0.2, 0) is 4.79 Å². The van der Waals surface area contributed by atoms with E-state index in [-0.39, 0.29) is 5.78 Å². The Morgan fingerprint density at radius 3 is 1.62 bits per heavy atom. The van der Waals surface area contributed by atoms with E-state index in [1.165, 1.54) is 12.2 Å². The minimum absolute atomic E-state index is 0.0926. The summed E-state index contributed by atoms with van der Waals surface area (Å²) >= 11 is 0. The highest BCUT2D eigenvalue weighted by Crippen LogP contribution is 1.89. The highest BCUT2D eigenvalue weighted by atomic mass is 16.1. The second-order valence-electron chi connectivity index (χ2n) is 1.12. The second kappa shape index (κ2) is 3.89. The minimum atomic E-state index is 0.0926. The van der Waals surface area contributed by atoms with Crippen molar-refractivity contribution in [2.24, 2.45) is 0 Å². The van der Waals surface area contributed by atoms with E-state index in [0.717, 1.165) is 0 Å². The Kier molecular flexibility index (Phi) is 3.26. The molecular weight excluding hydrogens is 100 g/mol. The summed E-state index contributed by atoms with van der Waals surface area (Å²) in [5.41, 5.74) is 0. The highest BCUT2D eigenvalue weighted by Gasteiger charge is 1.88. The number of rotatable bonds is 0. The third-order valence-corrected chi connectivity index (χ3v) is 0.632. The molecule has 0 radical (unpaired) electrons. The predicted octanol–water partition coefficient (Wildman–Crippen LogP) is 0.931. The normalized spacial score (nSPS) is 13.0. The average molecular weight is 106 g/mol. The predicted molar refractivity (Wildman–Crippen MR) is 33.2 cm³/mol. The van der Waals surface area contributed by atoms with Gasteiger partial charge in [-0.2, -0.15) is 0 Å². The van der Waals surface area contributed by atoms with Gasteiger partial charge in [-0.25, -0.2) is 0 Å². The van der Waals surface area contributed by atoms with Crippen LogP contribution in [0.2, 0.25) is 0 Å². The fourth-order valence-electron chi connectivity index (χ4n) is 0.356. The van der Waals surface area contributed by atoms with Gasteiger partial charge in [0.25, 0.3) is 0 Å². The molecule has 0 aromatic heterocycles. The van der Waals surface area contributed by atoms with Gasteiger partial charge in [-0.05, 0) is 12.2 Å². The minimum Gasteiger partial charge on any atom is -0.290 e. The Morgan fingerprint density at radius 1 is 1.12 bits per heavy atom. The van der Waals surface area contributed by atoms with E-state index in [0.29, 0.717) is 0 Å². The van der Waals surface area contributed by atoms with Crippen LogP contribution in [0.4, 0.5) is 0 Å². The number of hydrogen-bond donors (Lipinski definition) is 0. The lowest BCUT2D eigenvalue weighted by atomic mass is 10.5. The zero-order valence-corrected chi connectivity index (χ0v) is 4.37. The van der Waals surface area contributed by atoms with Crippen molar-refractivity contribution in [3.05, 3.63) is 24.3 Å². The zero-order chi connectivity index (χ0) is 6.41. The molecule has 8 heavy (non-hydrogen) atoms. The van der Waals surface area contributed by atoms with Gasteiger partial charge in [-0.15, -0.1) is 12.8 Å². The molecule has 1 rings (SSSR count). The van der Waals surface area contributed by atoms with Crippen LogP contribution in [0.1, 0.15) is 0 Å². The van der Waals surface area contributed by atoms with Gasteiger partial charge in [0.05, 0.1) is 0 Å². The molecule has 1 aliphatic rings. The average Bonchev–Trinajstić information content (AvgIpc) is 2.24. The van der Waals surface area contributed by atoms with Crippen molar-refractivity contribution in [3.8, 4) is 12.8 Å². The largest absolute Gasteiger partial charge is 0.290 e. The first kappa shape index (κ1) is 6.71. The summed E-state index contributed by atoms with van der Waals surface area (Å²) in [6.45, 7) is 0. The van der Waals surface area contributed by atoms with Crippen molar-refractivity contribution in [3.63, 3.8) is 0 Å². The van der Waals surface area contributed by atoms with E-state index in [2.05, 4.69) is 12.8 Å². The first-order chi connectivity index (χ1) is 3.89. The molecule has 40 valence electrons. The maximum Gasteiger partial charge on any atom is 0.178 e. The van der Waals surface area contributed by atoms with Gasteiger partial charge in [0.2, 0.25) is 0 Å². The van der Waals surface area contributed by atoms with E-state index in [4.69, 9.17) is 0 Å². The van der Waals surface area contributed by atoms with Crippen molar-refractivity contribution >= 4 is 5.78 Å². The number of carbonyl (C=O) groups excluding carboxylic acids is 1. The molecular formula is C7H6O. The van der Waals surface area contributed by atoms with Crippen LogP contribution in [0.3, 0.4) is 0 Å². The van der Waals surface area contributed by atoms with Gasteiger partial charge < -0.3 is 0 Å². The summed E-state index contributed by atoms with van der Waals surface area (Å²) in [7, 11) is 0. The van der Waals surface area contributed by atoms with Gasteiger partial charge in [0, 0.05) is 0 Å². The second-order valence-corrected chi connectivity index (χ2v) is 1.12. The molecule has 0 N–H and O–H groups in total. The van der Waals surface area contributed by atoms with Gasteiger partial charge in [-0.3, -0.25) is 4.79 Å². The molecule has 1 nitrogen and oxygen atoms in total. The van der Waals surface area contributed by atoms with Crippen LogP contribution in [-0.4, -0.2) is 5.78 Å². The summed E-state index contributed by atoms with van der Waals surface area (Å²) in [6.07, 6.45) is 14.5. The van der Waals surface area contributed by atoms with Crippen LogP contribution < -0.4 is 0 Å². The fourth-order valence-corrected chi connectivity index (χ4v) is 0.356. The number of allylic oxidation sites excluding steroid dienone is 4. The fraction of sp³-hybridized carbons (Fsp3) is 0. The molecule has 0 aromatic rings. The quantitative estimate of drug-likeness (QED) is 0.420. The van der Waals surface area contributed by atoms with Gasteiger partial charge >= 0.3 is 0 Å². The van der Waals surface area contributed by atoms with Gasteiger partial charge in [0.1, 0.15) is 0 Å². The topological polar surface area (TPSA) is 17.1 Å². The van der Waals surface area contributed by atoms with Crippen molar-refractivity contribution in [1.29, 1.82) is 0 Å². The molecule has 0 aliphatic heterocycles. The molecule has 0 bridgehead atoms. The smallest absolute Gasteiger partial charge is 0.178 e. The van der Waals surface area contributed by atoms with E-state index < -0.39 is 0 Å². The lowest BCUT2D eigenvalue weighted by Crippen LogP contribution is -1.75. The summed E-state index contributed by atoms with van der Waals surface area (Å²) in [5, 5.41) is 0. The Balaban J connectivity index is 0.000000222. The third-order valence-electron chi connectivity index (χ3n) is 0.632. The molecule has 1 aliphatic carbocycles. The number of ketones is 1. The van der Waals surface area contributed by atoms with Crippen molar-refractivity contribution in [1.82, 2.24) is 0 Å². The Hall–Kier alpha value is -1.29. The standard InChI is InChI=1S/C5H4O.C2H2/c6-5-3-1-2-4-5;1-2/h1-4H;1-2H. The number of carbonyl (C=O) groups is 1. The van der Waals surface area contributed by atoms with Gasteiger partial charge in [0.15, 0.2) is 5.78 Å². The maximum atomic E-state index is 10.1. The monoisotopic (exact) mass is 106 g/mol. The van der Waals surface area contributed by atoms with Crippen molar-refractivity contribution < 1.29 is 4.79 Å². The molecule has 0 spiro atoms. The Labute approximate surface area is 48.7 Å². The first-order valence-electron chi connectivity index (χ1n) is 2.11. The van der Waals surface area contributed by atoms with Crippen molar-refractivity contribution in [2.45, 2.75) is 0 Å². The molecule has 0 atom stereocenters. The van der Waals surface area contributed by atoms with E-state index in [9.17, 15) is 4.79 Å². The molecule has 0 unspecified atom stereocenters. The third kappa shape index (κ3) is 1.99. The first-order valence-corrected chi connectivity index (χ1v) is 2.11. The highest BCUT2D eigenvalue weighted by molar-refractivity contribution is 6.01. The van der Waals surface area contributed by atoms with E-state index in [1.54, 1.807) is 12.2 Å². The van der Waals surface area contributed by atoms with Crippen molar-refractivity contribution in [2.75, 3.05) is 0 Å². The Bertz CT molecular complexity index is 135. The molecule has 0 aromatic carbocycles. The van der Waals surface area contributed by atoms with Crippen LogP contribution in [0.25, 0.3) is 0 Å². The molecule has 0 fully saturated rings. The molecule has 0 saturated heterocycles. The molecule has 0 saturated carbocycles. The number of hydrogen-bond acceptors (Lipinski definition) is 1. The lowest BCUT2D eigenvalue weighted by molar-refractivity contribution is -0.110. The molecule has 0 amide bonds. The van der Waals surface area contributed by atoms with Crippen LogP contribution >= 0.6 is 0 Å². The summed E-state index contributed by atoms with van der Waals surface area (Å²) < 4.78 is 0. The molecule has 0 heterocycles.